The average molecular weight is 445 g/mol. The summed E-state index contributed by atoms with van der Waals surface area (Å²) in [7, 11) is 3.38. The fourth-order valence-electron chi connectivity index (χ4n) is 1.98. The number of ether oxygens (including phenoxy) is 2. The summed E-state index contributed by atoms with van der Waals surface area (Å²) in [6.07, 6.45) is 1.83. The van der Waals surface area contributed by atoms with Crippen LogP contribution in [0.2, 0.25) is 0 Å². The summed E-state index contributed by atoms with van der Waals surface area (Å²) >= 11 is -0.119. The third kappa shape index (κ3) is 6.63. The Morgan fingerprint density at radius 2 is 1.12 bits per heavy atom. The molecule has 3 aromatic rings. The van der Waals surface area contributed by atoms with E-state index < -0.39 is 0 Å². The summed E-state index contributed by atoms with van der Waals surface area (Å²) in [5.74, 6) is 1.82. The van der Waals surface area contributed by atoms with Gasteiger partial charge in [-0.15, -0.1) is 0 Å². The number of halogens is 1. The Kier molecular flexibility index (Phi) is 8.05. The second-order valence-corrected chi connectivity index (χ2v) is 8.06. The highest BCUT2D eigenvalue weighted by Gasteiger charge is 2.15. The molecule has 0 N–H and O–H groups in total. The number of benzene rings is 3. The zero-order valence-electron chi connectivity index (χ0n) is 14.5. The van der Waals surface area contributed by atoms with Gasteiger partial charge in [-0.2, -0.15) is 0 Å². The summed E-state index contributed by atoms with van der Waals surface area (Å²) in [5, 5.41) is 0. The van der Waals surface area contributed by atoms with E-state index >= 15 is 0 Å². The van der Waals surface area contributed by atoms with Crippen LogP contribution < -0.4 is 30.7 Å². The molecule has 0 aliphatic heterocycles. The molecule has 0 aliphatic carbocycles. The minimum Gasteiger partial charge on any atom is -0.497 e. The molecule has 0 saturated heterocycles. The zero-order chi connectivity index (χ0) is 17.9. The fraction of sp³-hybridized carbons (Fsp3) is 0.0909. The molecule has 3 aromatic carbocycles. The monoisotopic (exact) mass is 445 g/mol. The first-order valence-electron chi connectivity index (χ1n) is 7.85. The SMILES string of the molecule is C=Cc1ccccc1.COc1ccc([I+]c2ccc(OC)cc2)cc1. The average Bonchev–Trinajstić information content (AvgIpc) is 2.70. The Labute approximate surface area is 160 Å². The van der Waals surface area contributed by atoms with Gasteiger partial charge in [0.25, 0.3) is 0 Å². The van der Waals surface area contributed by atoms with Crippen LogP contribution in [0.1, 0.15) is 5.56 Å². The molecule has 3 heteroatoms. The second kappa shape index (κ2) is 10.6. The summed E-state index contributed by atoms with van der Waals surface area (Å²) in [6, 6.07) is 26.6. The molecular weight excluding hydrogens is 423 g/mol. The van der Waals surface area contributed by atoms with Crippen molar-refractivity contribution in [2.75, 3.05) is 14.2 Å². The van der Waals surface area contributed by atoms with Gasteiger partial charge in [0.15, 0.2) is 7.14 Å². The first-order valence-corrected chi connectivity index (χ1v) is 10.0. The van der Waals surface area contributed by atoms with Crippen LogP contribution in [0.5, 0.6) is 11.5 Å². The lowest BCUT2D eigenvalue weighted by molar-refractivity contribution is -0.597. The first-order chi connectivity index (χ1) is 12.2. The Hall–Kier alpha value is -2.27. The summed E-state index contributed by atoms with van der Waals surface area (Å²) < 4.78 is 13.1. The van der Waals surface area contributed by atoms with Crippen LogP contribution in [0.4, 0.5) is 0 Å². The van der Waals surface area contributed by atoms with Crippen LogP contribution >= 0.6 is 0 Å². The molecule has 25 heavy (non-hydrogen) atoms. The van der Waals surface area contributed by atoms with E-state index in [1.807, 2.05) is 60.7 Å². The van der Waals surface area contributed by atoms with E-state index in [-0.39, 0.29) is 21.2 Å². The number of hydrogen-bond acceptors (Lipinski definition) is 2. The molecule has 0 heterocycles. The van der Waals surface area contributed by atoms with Crippen molar-refractivity contribution in [3.8, 4) is 11.5 Å². The maximum atomic E-state index is 5.15. The van der Waals surface area contributed by atoms with E-state index in [1.165, 1.54) is 12.7 Å². The Bertz CT molecular complexity index is 705. The topological polar surface area (TPSA) is 18.5 Å². The largest absolute Gasteiger partial charge is 0.497 e. The minimum absolute atomic E-state index is 0.119. The van der Waals surface area contributed by atoms with Gasteiger partial charge in [-0.25, -0.2) is 0 Å². The highest BCUT2D eigenvalue weighted by molar-refractivity contribution is 5.45. The molecule has 0 spiro atoms. The van der Waals surface area contributed by atoms with Crippen LogP contribution in [0.15, 0.2) is 85.4 Å². The van der Waals surface area contributed by atoms with Crippen molar-refractivity contribution in [2.24, 2.45) is 0 Å². The molecular formula is C22H22IO2+. The van der Waals surface area contributed by atoms with Gasteiger partial charge in [0.2, 0.25) is 0 Å². The van der Waals surface area contributed by atoms with Crippen LogP contribution in [0, 0.1) is 7.14 Å². The van der Waals surface area contributed by atoms with Gasteiger partial charge < -0.3 is 9.47 Å². The van der Waals surface area contributed by atoms with Gasteiger partial charge in [0.05, 0.1) is 14.2 Å². The Balaban J connectivity index is 0.000000236. The molecule has 0 bridgehead atoms. The van der Waals surface area contributed by atoms with Crippen LogP contribution in [-0.4, -0.2) is 14.2 Å². The predicted octanol–water partition coefficient (Wildman–Crippen LogP) is 2.16. The van der Waals surface area contributed by atoms with Crippen LogP contribution in [-0.2, 0) is 0 Å². The molecule has 0 unspecified atom stereocenters. The Morgan fingerprint density at radius 1 is 0.680 bits per heavy atom. The zero-order valence-corrected chi connectivity index (χ0v) is 16.6. The van der Waals surface area contributed by atoms with E-state index in [9.17, 15) is 0 Å². The fourth-order valence-corrected chi connectivity index (χ4v) is 4.14. The number of rotatable bonds is 5. The van der Waals surface area contributed by atoms with Gasteiger partial charge in [-0.1, -0.05) is 43.0 Å². The standard InChI is InChI=1S/C14H14IO2.C8H8/c1-16-13-7-3-11(4-8-13)15-12-5-9-14(17-2)10-6-12;1-2-8-6-4-3-5-7-8/h3-10H,1-2H3;2-7H,1H2/q+1;. The van der Waals surface area contributed by atoms with Crippen molar-refractivity contribution in [3.63, 3.8) is 0 Å². The molecule has 0 amide bonds. The third-order valence-electron chi connectivity index (χ3n) is 3.35. The van der Waals surface area contributed by atoms with E-state index in [0.717, 1.165) is 11.5 Å². The number of methoxy groups -OCH3 is 2. The van der Waals surface area contributed by atoms with Gasteiger partial charge in [0.1, 0.15) is 11.5 Å². The smallest absolute Gasteiger partial charge is 0.357 e. The first kappa shape index (κ1) is 19.1. The highest BCUT2D eigenvalue weighted by Crippen LogP contribution is 2.07. The van der Waals surface area contributed by atoms with Crippen LogP contribution in [0.25, 0.3) is 6.08 Å². The van der Waals surface area contributed by atoms with Crippen molar-refractivity contribution >= 4 is 6.08 Å². The minimum atomic E-state index is -0.119. The maximum Gasteiger partial charge on any atom is 0.357 e. The van der Waals surface area contributed by atoms with E-state index in [2.05, 4.69) is 30.8 Å². The molecule has 128 valence electrons. The molecule has 0 radical (unpaired) electrons. The molecule has 0 fully saturated rings. The van der Waals surface area contributed by atoms with Gasteiger partial charge in [-0.3, -0.25) is 0 Å². The molecule has 0 atom stereocenters. The maximum absolute atomic E-state index is 5.15. The van der Waals surface area contributed by atoms with Crippen molar-refractivity contribution in [3.05, 3.63) is 98.1 Å². The van der Waals surface area contributed by atoms with Crippen molar-refractivity contribution in [1.82, 2.24) is 0 Å². The van der Waals surface area contributed by atoms with Crippen molar-refractivity contribution < 1.29 is 30.7 Å². The van der Waals surface area contributed by atoms with Crippen molar-refractivity contribution in [1.29, 1.82) is 0 Å². The normalized spacial score (nSPS) is 9.52. The summed E-state index contributed by atoms with van der Waals surface area (Å²) in [5.41, 5.74) is 1.17. The molecule has 0 saturated carbocycles. The Morgan fingerprint density at radius 3 is 1.44 bits per heavy atom. The van der Waals surface area contributed by atoms with Crippen LogP contribution in [0.3, 0.4) is 0 Å². The summed E-state index contributed by atoms with van der Waals surface area (Å²) in [4.78, 5) is 0. The van der Waals surface area contributed by atoms with E-state index in [0.29, 0.717) is 0 Å². The highest BCUT2D eigenvalue weighted by atomic mass is 127. The van der Waals surface area contributed by atoms with Crippen molar-refractivity contribution in [2.45, 2.75) is 0 Å². The van der Waals surface area contributed by atoms with E-state index in [1.54, 1.807) is 14.2 Å². The van der Waals surface area contributed by atoms with E-state index in [4.69, 9.17) is 9.47 Å². The molecule has 0 aromatic heterocycles. The lowest BCUT2D eigenvalue weighted by atomic mass is 10.2. The third-order valence-corrected chi connectivity index (χ3v) is 6.04. The lowest BCUT2D eigenvalue weighted by Crippen LogP contribution is -3.61. The predicted molar refractivity (Wildman–Crippen MR) is 99.9 cm³/mol. The lowest BCUT2D eigenvalue weighted by Gasteiger charge is -1.97. The van der Waals surface area contributed by atoms with Gasteiger partial charge >= 0.3 is 21.2 Å². The quantitative estimate of drug-likeness (QED) is 0.561. The molecule has 3 rings (SSSR count). The van der Waals surface area contributed by atoms with Gasteiger partial charge in [-0.05, 0) is 54.1 Å². The summed E-state index contributed by atoms with van der Waals surface area (Å²) in [6.45, 7) is 3.63. The van der Waals surface area contributed by atoms with Gasteiger partial charge in [0, 0.05) is 0 Å². The molecule has 0 aliphatic rings. The second-order valence-electron chi connectivity index (χ2n) is 5.03. The number of hydrogen-bond donors (Lipinski definition) is 0. The molecule has 2 nitrogen and oxygen atoms in total.